The van der Waals surface area contributed by atoms with Gasteiger partial charge in [0.1, 0.15) is 5.82 Å². The molecular formula is C14H9FN4. The highest BCUT2D eigenvalue weighted by atomic mass is 19.1. The summed E-state index contributed by atoms with van der Waals surface area (Å²) in [5, 5.41) is 8.88. The van der Waals surface area contributed by atoms with Gasteiger partial charge in [0.2, 0.25) is 0 Å². The third kappa shape index (κ3) is 1.74. The van der Waals surface area contributed by atoms with E-state index in [-0.39, 0.29) is 0 Å². The van der Waals surface area contributed by atoms with Crippen LogP contribution in [0.5, 0.6) is 0 Å². The quantitative estimate of drug-likeness (QED) is 0.669. The van der Waals surface area contributed by atoms with Gasteiger partial charge < -0.3 is 4.57 Å². The predicted molar refractivity (Wildman–Crippen MR) is 68.6 cm³/mol. The molecule has 4 nitrogen and oxygen atoms in total. The van der Waals surface area contributed by atoms with Gasteiger partial charge in [-0.05, 0) is 24.3 Å². The lowest BCUT2D eigenvalue weighted by Gasteiger charge is -2.02. The maximum Gasteiger partial charge on any atom is 0.152 e. The molecule has 0 N–H and O–H groups in total. The van der Waals surface area contributed by atoms with Crippen LogP contribution >= 0.6 is 0 Å². The molecule has 0 bridgehead atoms. The van der Waals surface area contributed by atoms with Gasteiger partial charge in [0.05, 0.1) is 34.4 Å². The highest BCUT2D eigenvalue weighted by Crippen LogP contribution is 2.25. The zero-order valence-electron chi connectivity index (χ0n) is 10.1. The van der Waals surface area contributed by atoms with Crippen molar-refractivity contribution in [3.8, 4) is 17.5 Å². The van der Waals surface area contributed by atoms with Crippen LogP contribution in [0, 0.1) is 17.1 Å². The minimum atomic E-state index is -0.415. The lowest BCUT2D eigenvalue weighted by Crippen LogP contribution is -1.95. The summed E-state index contributed by atoms with van der Waals surface area (Å²) in [6, 6.07) is 8.87. The first kappa shape index (κ1) is 11.4. The number of hydrogen-bond donors (Lipinski definition) is 0. The van der Waals surface area contributed by atoms with Gasteiger partial charge in [0.25, 0.3) is 0 Å². The average Bonchev–Trinajstić information content (AvgIpc) is 2.76. The fourth-order valence-electron chi connectivity index (χ4n) is 2.07. The van der Waals surface area contributed by atoms with E-state index in [1.54, 1.807) is 22.8 Å². The number of rotatable bonds is 1. The molecule has 0 radical (unpaired) electrons. The first-order chi connectivity index (χ1) is 9.20. The van der Waals surface area contributed by atoms with Gasteiger partial charge in [-0.2, -0.15) is 5.26 Å². The number of nitrogens with zero attached hydrogens (tertiary/aromatic N) is 4. The number of halogens is 1. The first-order valence-corrected chi connectivity index (χ1v) is 5.67. The Kier molecular flexibility index (Phi) is 2.50. The summed E-state index contributed by atoms with van der Waals surface area (Å²) in [4.78, 5) is 8.12. The number of imidazole rings is 1. The molecule has 0 saturated carbocycles. The Morgan fingerprint density at radius 1 is 1.32 bits per heavy atom. The highest BCUT2D eigenvalue weighted by Gasteiger charge is 2.13. The van der Waals surface area contributed by atoms with Crippen LogP contribution in [0.3, 0.4) is 0 Å². The number of aryl methyl sites for hydroxylation is 1. The monoisotopic (exact) mass is 252 g/mol. The summed E-state index contributed by atoms with van der Waals surface area (Å²) < 4.78 is 15.6. The second kappa shape index (κ2) is 4.18. The summed E-state index contributed by atoms with van der Waals surface area (Å²) in [5.41, 5.74) is 2.46. The molecule has 19 heavy (non-hydrogen) atoms. The fourth-order valence-corrected chi connectivity index (χ4v) is 2.07. The van der Waals surface area contributed by atoms with Crippen LogP contribution in [0.4, 0.5) is 4.39 Å². The fraction of sp³-hybridized carbons (Fsp3) is 0.0714. The van der Waals surface area contributed by atoms with Crippen molar-refractivity contribution in [2.24, 2.45) is 7.05 Å². The van der Waals surface area contributed by atoms with Crippen molar-refractivity contribution in [3.05, 3.63) is 48.0 Å². The summed E-state index contributed by atoms with van der Waals surface area (Å²) in [6.07, 6.45) is 2.69. The Hall–Kier alpha value is -2.74. The van der Waals surface area contributed by atoms with E-state index in [1.807, 2.05) is 13.1 Å². The number of benzene rings is 1. The molecule has 3 aromatic rings. The number of pyridine rings is 1. The number of hydrogen-bond acceptors (Lipinski definition) is 3. The maximum absolute atomic E-state index is 13.8. The molecule has 92 valence electrons. The van der Waals surface area contributed by atoms with E-state index in [2.05, 4.69) is 16.0 Å². The molecule has 0 unspecified atom stereocenters. The normalized spacial score (nSPS) is 10.6. The van der Waals surface area contributed by atoms with Gasteiger partial charge in [-0.25, -0.2) is 9.37 Å². The molecule has 2 aromatic heterocycles. The van der Waals surface area contributed by atoms with Crippen molar-refractivity contribution >= 4 is 11.0 Å². The Bertz CT molecular complexity index is 814. The summed E-state index contributed by atoms with van der Waals surface area (Å²) in [5.74, 6) is 0.103. The van der Waals surface area contributed by atoms with Crippen LogP contribution in [-0.4, -0.2) is 14.5 Å². The largest absolute Gasteiger partial charge is 0.327 e. The molecule has 5 heteroatoms. The molecule has 0 aliphatic heterocycles. The molecular weight excluding hydrogens is 243 g/mol. The van der Waals surface area contributed by atoms with Crippen molar-refractivity contribution < 1.29 is 4.39 Å². The lowest BCUT2D eigenvalue weighted by atomic mass is 10.2. The zero-order chi connectivity index (χ0) is 13.4. The molecule has 0 aliphatic rings. The minimum absolute atomic E-state index is 0.396. The van der Waals surface area contributed by atoms with Crippen molar-refractivity contribution in [2.75, 3.05) is 0 Å². The molecule has 0 atom stereocenters. The van der Waals surface area contributed by atoms with Gasteiger partial charge in [-0.15, -0.1) is 0 Å². The van der Waals surface area contributed by atoms with Crippen molar-refractivity contribution in [1.82, 2.24) is 14.5 Å². The van der Waals surface area contributed by atoms with Gasteiger partial charge in [0, 0.05) is 13.2 Å². The number of aromatic nitrogens is 3. The van der Waals surface area contributed by atoms with Crippen LogP contribution in [0.15, 0.2) is 36.7 Å². The van der Waals surface area contributed by atoms with Crippen LogP contribution in [-0.2, 0) is 7.05 Å². The molecule has 0 fully saturated rings. The van der Waals surface area contributed by atoms with E-state index in [4.69, 9.17) is 5.26 Å². The van der Waals surface area contributed by atoms with Crippen molar-refractivity contribution in [3.63, 3.8) is 0 Å². The van der Waals surface area contributed by atoms with Crippen molar-refractivity contribution in [2.45, 2.75) is 0 Å². The van der Waals surface area contributed by atoms with Crippen LogP contribution in [0.2, 0.25) is 0 Å². The Labute approximate surface area is 108 Å². The smallest absolute Gasteiger partial charge is 0.152 e. The molecule has 0 aliphatic carbocycles. The molecule has 0 amide bonds. The number of nitriles is 1. The zero-order valence-corrected chi connectivity index (χ0v) is 10.1. The van der Waals surface area contributed by atoms with Crippen molar-refractivity contribution in [1.29, 1.82) is 5.26 Å². The molecule has 3 rings (SSSR count). The van der Waals surface area contributed by atoms with E-state index >= 15 is 0 Å². The summed E-state index contributed by atoms with van der Waals surface area (Å²) in [6.45, 7) is 0. The Morgan fingerprint density at radius 3 is 2.89 bits per heavy atom. The second-order valence-corrected chi connectivity index (χ2v) is 4.17. The van der Waals surface area contributed by atoms with Gasteiger partial charge in [0.15, 0.2) is 5.82 Å². The molecule has 0 spiro atoms. The second-order valence-electron chi connectivity index (χ2n) is 4.17. The van der Waals surface area contributed by atoms with Crippen LogP contribution in [0.1, 0.15) is 5.56 Å². The van der Waals surface area contributed by atoms with Gasteiger partial charge in [-0.1, -0.05) is 0 Å². The van der Waals surface area contributed by atoms with E-state index < -0.39 is 5.82 Å². The summed E-state index contributed by atoms with van der Waals surface area (Å²) >= 11 is 0. The lowest BCUT2D eigenvalue weighted by molar-refractivity contribution is 0.622. The van der Waals surface area contributed by atoms with Gasteiger partial charge >= 0.3 is 0 Å². The maximum atomic E-state index is 13.8. The van der Waals surface area contributed by atoms with Crippen LogP contribution in [0.25, 0.3) is 22.4 Å². The van der Waals surface area contributed by atoms with E-state index in [1.165, 1.54) is 6.20 Å². The molecule has 0 saturated heterocycles. The molecule has 1 aromatic carbocycles. The van der Waals surface area contributed by atoms with Crippen LogP contribution < -0.4 is 0 Å². The highest BCUT2D eigenvalue weighted by molar-refractivity contribution is 5.81. The van der Waals surface area contributed by atoms with E-state index in [0.29, 0.717) is 22.5 Å². The third-order valence-electron chi connectivity index (χ3n) is 3.02. The van der Waals surface area contributed by atoms with Gasteiger partial charge in [-0.3, -0.25) is 4.98 Å². The van der Waals surface area contributed by atoms with E-state index in [9.17, 15) is 4.39 Å². The molecule has 2 heterocycles. The SMILES string of the molecule is Cn1c(-c2ccncc2F)nc2cc(C#N)ccc21. The third-order valence-corrected chi connectivity index (χ3v) is 3.02. The Morgan fingerprint density at radius 2 is 2.16 bits per heavy atom. The Balaban J connectivity index is 2.29. The predicted octanol–water partition coefficient (Wildman–Crippen LogP) is 2.65. The van der Waals surface area contributed by atoms with E-state index in [0.717, 1.165) is 11.7 Å². The first-order valence-electron chi connectivity index (χ1n) is 5.67. The topological polar surface area (TPSA) is 54.5 Å². The average molecular weight is 252 g/mol. The summed E-state index contributed by atoms with van der Waals surface area (Å²) in [7, 11) is 1.82. The minimum Gasteiger partial charge on any atom is -0.327 e. The standard InChI is InChI=1S/C14H9FN4/c1-19-13-3-2-9(7-16)6-12(13)18-14(19)10-4-5-17-8-11(10)15/h2-6,8H,1H3. The number of fused-ring (bicyclic) bond motifs is 1.